The van der Waals surface area contributed by atoms with Crippen LogP contribution in [0.25, 0.3) is 0 Å². The third kappa shape index (κ3) is 2.69. The summed E-state index contributed by atoms with van der Waals surface area (Å²) in [4.78, 5) is 8.90. The van der Waals surface area contributed by atoms with Gasteiger partial charge in [0.15, 0.2) is 0 Å². The number of rotatable bonds is 2. The van der Waals surface area contributed by atoms with Crippen molar-refractivity contribution in [2.24, 2.45) is 0 Å². The molecule has 1 aliphatic rings. The Balaban J connectivity index is 2.09. The topological polar surface area (TPSA) is 43.2 Å². The zero-order valence-corrected chi connectivity index (χ0v) is 11.3. The lowest BCUT2D eigenvalue weighted by atomic mass is 9.99. The third-order valence-electron chi connectivity index (χ3n) is 3.79. The van der Waals surface area contributed by atoms with Crippen molar-refractivity contribution in [2.45, 2.75) is 25.9 Å². The molecule has 1 aliphatic heterocycles. The number of likely N-dealkylation sites (N-methyl/N-ethyl adjacent to an activating group) is 1. The van der Waals surface area contributed by atoms with E-state index in [-0.39, 0.29) is 5.54 Å². The summed E-state index contributed by atoms with van der Waals surface area (Å²) in [6, 6.07) is 6.06. The molecule has 0 unspecified atom stereocenters. The molecule has 0 atom stereocenters. The molecule has 1 saturated heterocycles. The van der Waals surface area contributed by atoms with Crippen molar-refractivity contribution in [3.8, 4) is 6.07 Å². The zero-order chi connectivity index (χ0) is 13.2. The van der Waals surface area contributed by atoms with Gasteiger partial charge in [-0.15, -0.1) is 0 Å². The third-order valence-corrected chi connectivity index (χ3v) is 3.79. The molecule has 2 heterocycles. The highest BCUT2D eigenvalue weighted by atomic mass is 15.3. The largest absolute Gasteiger partial charge is 0.299 e. The Labute approximate surface area is 109 Å². The van der Waals surface area contributed by atoms with E-state index in [0.29, 0.717) is 5.69 Å². The molecule has 0 saturated carbocycles. The van der Waals surface area contributed by atoms with Crippen LogP contribution in [0.15, 0.2) is 18.3 Å². The number of nitriles is 1. The van der Waals surface area contributed by atoms with E-state index in [1.165, 1.54) is 0 Å². The molecule has 2 rings (SSSR count). The smallest absolute Gasteiger partial charge is 0.144 e. The number of aromatic nitrogens is 1. The lowest BCUT2D eigenvalue weighted by Gasteiger charge is -2.45. The number of pyridine rings is 1. The van der Waals surface area contributed by atoms with E-state index < -0.39 is 0 Å². The molecule has 0 radical (unpaired) electrons. The summed E-state index contributed by atoms with van der Waals surface area (Å²) in [5, 5.41) is 9.05. The molecule has 96 valence electrons. The van der Waals surface area contributed by atoms with Crippen LogP contribution >= 0.6 is 0 Å². The van der Waals surface area contributed by atoms with Gasteiger partial charge in [-0.05, 0) is 27.0 Å². The van der Waals surface area contributed by atoms with Crippen LogP contribution in [0.1, 0.15) is 25.1 Å². The maximum Gasteiger partial charge on any atom is 0.144 e. The number of piperazine rings is 1. The monoisotopic (exact) mass is 244 g/mol. The molecule has 0 aromatic carbocycles. The number of hydrogen-bond acceptors (Lipinski definition) is 4. The fourth-order valence-corrected chi connectivity index (χ4v) is 2.38. The Morgan fingerprint density at radius 1 is 1.44 bits per heavy atom. The van der Waals surface area contributed by atoms with Gasteiger partial charge >= 0.3 is 0 Å². The quantitative estimate of drug-likeness (QED) is 0.790. The van der Waals surface area contributed by atoms with Crippen molar-refractivity contribution in [2.75, 3.05) is 26.7 Å². The fourth-order valence-electron chi connectivity index (χ4n) is 2.38. The maximum atomic E-state index is 9.05. The van der Waals surface area contributed by atoms with Crippen molar-refractivity contribution in [1.29, 1.82) is 5.26 Å². The second kappa shape index (κ2) is 5.05. The molecule has 0 amide bonds. The highest BCUT2D eigenvalue weighted by molar-refractivity contribution is 5.30. The van der Waals surface area contributed by atoms with Gasteiger partial charge in [-0.2, -0.15) is 5.26 Å². The van der Waals surface area contributed by atoms with Crippen LogP contribution < -0.4 is 0 Å². The molecule has 0 N–H and O–H groups in total. The molecular weight excluding hydrogens is 224 g/mol. The standard InChI is InChI=1S/C14H20N4/c1-14(2)11-18(8-7-17(14)3)10-12-5-4-6-16-13(12)9-15/h4-6H,7-8,10-11H2,1-3H3. The van der Waals surface area contributed by atoms with Gasteiger partial charge in [-0.3, -0.25) is 9.80 Å². The normalized spacial score (nSPS) is 20.6. The summed E-state index contributed by atoms with van der Waals surface area (Å²) in [7, 11) is 2.17. The Morgan fingerprint density at radius 3 is 2.89 bits per heavy atom. The lowest BCUT2D eigenvalue weighted by Crippen LogP contribution is -2.57. The molecule has 1 aromatic rings. The van der Waals surface area contributed by atoms with Gasteiger partial charge in [-0.25, -0.2) is 4.98 Å². The Hall–Kier alpha value is -1.44. The summed E-state index contributed by atoms with van der Waals surface area (Å²) < 4.78 is 0. The molecule has 0 spiro atoms. The first-order valence-corrected chi connectivity index (χ1v) is 6.30. The summed E-state index contributed by atoms with van der Waals surface area (Å²) in [5.41, 5.74) is 1.77. The molecule has 0 aliphatic carbocycles. The second-order valence-electron chi connectivity index (χ2n) is 5.57. The molecule has 4 nitrogen and oxygen atoms in total. The predicted molar refractivity (Wildman–Crippen MR) is 70.9 cm³/mol. The first kappa shape index (κ1) is 13.0. The van der Waals surface area contributed by atoms with Gasteiger partial charge in [0.25, 0.3) is 0 Å². The molecule has 1 fully saturated rings. The summed E-state index contributed by atoms with van der Waals surface area (Å²) in [5.74, 6) is 0. The van der Waals surface area contributed by atoms with Gasteiger partial charge in [0, 0.05) is 43.5 Å². The Kier molecular flexibility index (Phi) is 3.65. The van der Waals surface area contributed by atoms with E-state index in [1.807, 2.05) is 12.1 Å². The maximum absolute atomic E-state index is 9.05. The average molecular weight is 244 g/mol. The van der Waals surface area contributed by atoms with Gasteiger partial charge in [0.05, 0.1) is 0 Å². The SMILES string of the molecule is CN1CCN(Cc2cccnc2C#N)CC1(C)C. The average Bonchev–Trinajstić information content (AvgIpc) is 2.34. The van der Waals surface area contributed by atoms with Crippen LogP contribution in [-0.4, -0.2) is 47.0 Å². The Morgan fingerprint density at radius 2 is 2.22 bits per heavy atom. The second-order valence-corrected chi connectivity index (χ2v) is 5.57. The minimum absolute atomic E-state index is 0.188. The van der Waals surface area contributed by atoms with Crippen molar-refractivity contribution in [3.05, 3.63) is 29.6 Å². The number of nitrogens with zero attached hydrogens (tertiary/aromatic N) is 4. The van der Waals surface area contributed by atoms with Crippen LogP contribution in [0.4, 0.5) is 0 Å². The predicted octanol–water partition coefficient (Wildman–Crippen LogP) is 1.48. The summed E-state index contributed by atoms with van der Waals surface area (Å²) in [6.07, 6.45) is 1.68. The Bertz CT molecular complexity index is 461. The van der Waals surface area contributed by atoms with E-state index >= 15 is 0 Å². The van der Waals surface area contributed by atoms with Crippen molar-refractivity contribution in [3.63, 3.8) is 0 Å². The van der Waals surface area contributed by atoms with E-state index in [1.54, 1.807) is 6.20 Å². The molecule has 18 heavy (non-hydrogen) atoms. The van der Waals surface area contributed by atoms with Gasteiger partial charge in [0.2, 0.25) is 0 Å². The highest BCUT2D eigenvalue weighted by Crippen LogP contribution is 2.20. The minimum atomic E-state index is 0.188. The molecule has 0 bridgehead atoms. The fraction of sp³-hybridized carbons (Fsp3) is 0.571. The molecular formula is C14H20N4. The minimum Gasteiger partial charge on any atom is -0.299 e. The first-order chi connectivity index (χ1) is 8.53. The summed E-state index contributed by atoms with van der Waals surface area (Å²) in [6.45, 7) is 8.45. The van der Waals surface area contributed by atoms with E-state index in [9.17, 15) is 0 Å². The van der Waals surface area contributed by atoms with Crippen LogP contribution in [0, 0.1) is 11.3 Å². The van der Waals surface area contributed by atoms with Gasteiger partial charge in [0.1, 0.15) is 11.8 Å². The number of hydrogen-bond donors (Lipinski definition) is 0. The van der Waals surface area contributed by atoms with Crippen LogP contribution in [-0.2, 0) is 6.54 Å². The zero-order valence-electron chi connectivity index (χ0n) is 11.3. The van der Waals surface area contributed by atoms with Crippen LogP contribution in [0.5, 0.6) is 0 Å². The van der Waals surface area contributed by atoms with E-state index in [4.69, 9.17) is 5.26 Å². The van der Waals surface area contributed by atoms with E-state index in [0.717, 1.165) is 31.7 Å². The summed E-state index contributed by atoms with van der Waals surface area (Å²) >= 11 is 0. The van der Waals surface area contributed by atoms with Crippen LogP contribution in [0.2, 0.25) is 0 Å². The van der Waals surface area contributed by atoms with Crippen molar-refractivity contribution in [1.82, 2.24) is 14.8 Å². The lowest BCUT2D eigenvalue weighted by molar-refractivity contribution is 0.0359. The van der Waals surface area contributed by atoms with Crippen LogP contribution in [0.3, 0.4) is 0 Å². The highest BCUT2D eigenvalue weighted by Gasteiger charge is 2.31. The van der Waals surface area contributed by atoms with Crippen molar-refractivity contribution < 1.29 is 0 Å². The van der Waals surface area contributed by atoms with Crippen molar-refractivity contribution >= 4 is 0 Å². The van der Waals surface area contributed by atoms with Gasteiger partial charge in [-0.1, -0.05) is 6.07 Å². The van der Waals surface area contributed by atoms with E-state index in [2.05, 4.69) is 41.7 Å². The first-order valence-electron chi connectivity index (χ1n) is 6.30. The molecule has 1 aromatic heterocycles. The molecule has 4 heteroatoms. The van der Waals surface area contributed by atoms with Gasteiger partial charge < -0.3 is 0 Å².